The highest BCUT2D eigenvalue weighted by molar-refractivity contribution is 4.89. The van der Waals surface area contributed by atoms with E-state index in [1.807, 2.05) is 14.1 Å². The molecule has 2 aliphatic carbocycles. The highest BCUT2D eigenvalue weighted by Gasteiger charge is 2.37. The Hall–Kier alpha value is -0.0400. The minimum Gasteiger partial charge on any atom is -0.323 e. The summed E-state index contributed by atoms with van der Waals surface area (Å²) < 4.78 is 0. The summed E-state index contributed by atoms with van der Waals surface area (Å²) in [7, 11) is 3.75. The molecule has 0 aromatic carbocycles. The first-order chi connectivity index (χ1) is 4.38. The Bertz CT molecular complexity index is 62.6. The van der Waals surface area contributed by atoms with Gasteiger partial charge in [0.2, 0.25) is 0 Å². The molecule has 2 fully saturated rings. The van der Waals surface area contributed by atoms with E-state index in [4.69, 9.17) is 0 Å². The molecule has 0 unspecified atom stereocenters. The van der Waals surface area contributed by atoms with Gasteiger partial charge in [0.1, 0.15) is 0 Å². The van der Waals surface area contributed by atoms with Gasteiger partial charge in [-0.05, 0) is 51.6 Å². The van der Waals surface area contributed by atoms with E-state index in [-0.39, 0.29) is 0 Å². The Morgan fingerprint density at radius 3 is 1.11 bits per heavy atom. The van der Waals surface area contributed by atoms with Gasteiger partial charge in [0.25, 0.3) is 0 Å². The average molecular weight is 127 g/mol. The van der Waals surface area contributed by atoms with Crippen molar-refractivity contribution in [1.82, 2.24) is 5.32 Å². The van der Waals surface area contributed by atoms with Crippen molar-refractivity contribution in [3.63, 3.8) is 0 Å². The summed E-state index contributed by atoms with van der Waals surface area (Å²) in [5, 5.41) is 2.75. The lowest BCUT2D eigenvalue weighted by Crippen LogP contribution is -2.34. The van der Waals surface area contributed by atoms with Crippen LogP contribution < -0.4 is 5.32 Å². The van der Waals surface area contributed by atoms with Crippen molar-refractivity contribution in [2.75, 3.05) is 14.1 Å². The summed E-state index contributed by atoms with van der Waals surface area (Å²) in [5.41, 5.74) is 0. The first kappa shape index (κ1) is 7.07. The van der Waals surface area contributed by atoms with Gasteiger partial charge < -0.3 is 5.32 Å². The molecule has 0 bridgehead atoms. The Kier molecular flexibility index (Phi) is 2.52. The molecule has 0 aromatic heterocycles. The molecular formula is C8H17N. The van der Waals surface area contributed by atoms with Crippen molar-refractivity contribution in [2.24, 2.45) is 11.8 Å². The Labute approximate surface area is 57.8 Å². The molecule has 54 valence electrons. The smallest absolute Gasteiger partial charge is 0.0167 e. The molecule has 1 nitrogen and oxygen atoms in total. The van der Waals surface area contributed by atoms with Crippen molar-refractivity contribution in [3.8, 4) is 0 Å². The molecule has 2 saturated carbocycles. The Morgan fingerprint density at radius 1 is 0.889 bits per heavy atom. The minimum atomic E-state index is 1.21. The van der Waals surface area contributed by atoms with Crippen LogP contribution in [0.2, 0.25) is 0 Å². The van der Waals surface area contributed by atoms with Gasteiger partial charge in [0.05, 0.1) is 0 Å². The quantitative estimate of drug-likeness (QED) is 0.521. The van der Waals surface area contributed by atoms with Crippen LogP contribution >= 0.6 is 0 Å². The number of nitrogens with one attached hydrogen (secondary N) is 1. The van der Waals surface area contributed by atoms with E-state index in [0.717, 1.165) is 0 Å². The van der Waals surface area contributed by atoms with E-state index in [2.05, 4.69) is 5.32 Å². The van der Waals surface area contributed by atoms with Crippen LogP contribution in [0.15, 0.2) is 0 Å². The SMILES string of the molecule is C1CC2CCC12.CNC. The zero-order valence-corrected chi connectivity index (χ0v) is 6.48. The number of hydrogen-bond donors (Lipinski definition) is 1. The first-order valence-corrected chi connectivity index (χ1v) is 3.97. The van der Waals surface area contributed by atoms with Crippen LogP contribution in [-0.2, 0) is 0 Å². The molecule has 9 heavy (non-hydrogen) atoms. The number of fused-ring (bicyclic) bond motifs is 1. The monoisotopic (exact) mass is 127 g/mol. The van der Waals surface area contributed by atoms with Crippen LogP contribution in [0.25, 0.3) is 0 Å². The van der Waals surface area contributed by atoms with Crippen molar-refractivity contribution in [3.05, 3.63) is 0 Å². The van der Waals surface area contributed by atoms with Gasteiger partial charge in [-0.1, -0.05) is 0 Å². The Balaban J connectivity index is 0.000000120. The third-order valence-electron chi connectivity index (χ3n) is 2.48. The summed E-state index contributed by atoms with van der Waals surface area (Å²) in [5.74, 6) is 2.43. The van der Waals surface area contributed by atoms with E-state index < -0.39 is 0 Å². The van der Waals surface area contributed by atoms with Crippen molar-refractivity contribution in [2.45, 2.75) is 25.7 Å². The van der Waals surface area contributed by atoms with Crippen LogP contribution in [0.1, 0.15) is 25.7 Å². The summed E-state index contributed by atoms with van der Waals surface area (Å²) in [6, 6.07) is 0. The zero-order chi connectivity index (χ0) is 6.69. The van der Waals surface area contributed by atoms with Gasteiger partial charge in [0, 0.05) is 0 Å². The molecule has 0 saturated heterocycles. The number of hydrogen-bond acceptors (Lipinski definition) is 1. The Morgan fingerprint density at radius 2 is 1.11 bits per heavy atom. The highest BCUT2D eigenvalue weighted by atomic mass is 14.7. The summed E-state index contributed by atoms with van der Waals surface area (Å²) in [4.78, 5) is 0. The molecule has 0 radical (unpaired) electrons. The molecule has 1 heteroatoms. The van der Waals surface area contributed by atoms with Gasteiger partial charge in [-0.15, -0.1) is 0 Å². The van der Waals surface area contributed by atoms with Crippen LogP contribution in [-0.4, -0.2) is 14.1 Å². The van der Waals surface area contributed by atoms with E-state index in [1.165, 1.54) is 11.8 Å². The maximum Gasteiger partial charge on any atom is -0.0167 e. The lowest BCUT2D eigenvalue weighted by molar-refractivity contribution is 0.0548. The normalized spacial score (nSPS) is 36.7. The van der Waals surface area contributed by atoms with Gasteiger partial charge in [-0.2, -0.15) is 0 Å². The standard InChI is InChI=1S/C6H10.C2H7N/c1-2-6-4-3-5(1)6;1-3-2/h5-6H,1-4H2;3H,1-2H3. The minimum absolute atomic E-state index is 1.21. The molecule has 0 atom stereocenters. The molecule has 0 aliphatic heterocycles. The number of rotatable bonds is 0. The van der Waals surface area contributed by atoms with E-state index >= 15 is 0 Å². The van der Waals surface area contributed by atoms with Crippen LogP contribution in [0.4, 0.5) is 0 Å². The predicted octanol–water partition coefficient (Wildman–Crippen LogP) is 1.64. The predicted molar refractivity (Wildman–Crippen MR) is 40.4 cm³/mol. The van der Waals surface area contributed by atoms with Crippen molar-refractivity contribution < 1.29 is 0 Å². The maximum absolute atomic E-state index is 2.75. The molecule has 0 aromatic rings. The third-order valence-corrected chi connectivity index (χ3v) is 2.48. The molecule has 1 N–H and O–H groups in total. The van der Waals surface area contributed by atoms with E-state index in [9.17, 15) is 0 Å². The van der Waals surface area contributed by atoms with Crippen LogP contribution in [0.5, 0.6) is 0 Å². The van der Waals surface area contributed by atoms with Gasteiger partial charge in [-0.25, -0.2) is 0 Å². The van der Waals surface area contributed by atoms with Crippen molar-refractivity contribution >= 4 is 0 Å². The van der Waals surface area contributed by atoms with Gasteiger partial charge >= 0.3 is 0 Å². The lowest BCUT2D eigenvalue weighted by atomic mass is 9.60. The molecule has 2 rings (SSSR count). The third kappa shape index (κ3) is 1.45. The fourth-order valence-corrected chi connectivity index (χ4v) is 1.56. The van der Waals surface area contributed by atoms with Crippen LogP contribution in [0, 0.1) is 11.8 Å². The van der Waals surface area contributed by atoms with E-state index in [1.54, 1.807) is 25.7 Å². The van der Waals surface area contributed by atoms with Crippen molar-refractivity contribution in [1.29, 1.82) is 0 Å². The zero-order valence-electron chi connectivity index (χ0n) is 6.48. The van der Waals surface area contributed by atoms with Gasteiger partial charge in [0.15, 0.2) is 0 Å². The van der Waals surface area contributed by atoms with Gasteiger partial charge in [-0.3, -0.25) is 0 Å². The average Bonchev–Trinajstić information content (AvgIpc) is 1.81. The summed E-state index contributed by atoms with van der Waals surface area (Å²) in [6.07, 6.45) is 6.24. The summed E-state index contributed by atoms with van der Waals surface area (Å²) in [6.45, 7) is 0. The molecule has 0 heterocycles. The maximum atomic E-state index is 2.75. The lowest BCUT2D eigenvalue weighted by Gasteiger charge is -2.46. The molecule has 0 amide bonds. The fourth-order valence-electron chi connectivity index (χ4n) is 1.56. The van der Waals surface area contributed by atoms with E-state index in [0.29, 0.717) is 0 Å². The fraction of sp³-hybridized carbons (Fsp3) is 1.00. The molecule has 2 aliphatic rings. The second-order valence-corrected chi connectivity index (χ2v) is 3.17. The molecule has 0 spiro atoms. The largest absolute Gasteiger partial charge is 0.323 e. The second kappa shape index (κ2) is 3.21. The summed E-state index contributed by atoms with van der Waals surface area (Å²) >= 11 is 0. The first-order valence-electron chi connectivity index (χ1n) is 3.97. The topological polar surface area (TPSA) is 12.0 Å². The second-order valence-electron chi connectivity index (χ2n) is 3.17. The molecular weight excluding hydrogens is 110 g/mol. The van der Waals surface area contributed by atoms with Crippen LogP contribution in [0.3, 0.4) is 0 Å². The highest BCUT2D eigenvalue weighted by Crippen LogP contribution is 2.49.